The molecular formula is C24H22N2O3S. The second kappa shape index (κ2) is 7.80. The van der Waals surface area contributed by atoms with E-state index in [1.54, 1.807) is 24.3 Å². The molecular weight excluding hydrogens is 396 g/mol. The molecule has 1 aliphatic rings. The first-order chi connectivity index (χ1) is 14.4. The van der Waals surface area contributed by atoms with Crippen molar-refractivity contribution >= 4 is 27.2 Å². The van der Waals surface area contributed by atoms with Gasteiger partial charge in [-0.15, -0.1) is 0 Å². The number of allylic oxidation sites excluding steroid dienone is 1. The van der Waals surface area contributed by atoms with Crippen molar-refractivity contribution in [2.24, 2.45) is 0 Å². The highest BCUT2D eigenvalue weighted by atomic mass is 32.2. The maximum atomic E-state index is 13.4. The van der Waals surface area contributed by atoms with Crippen LogP contribution < -0.4 is 9.62 Å². The van der Waals surface area contributed by atoms with E-state index in [0.717, 1.165) is 22.4 Å². The van der Waals surface area contributed by atoms with Gasteiger partial charge in [-0.05, 0) is 43.2 Å². The number of anilines is 2. The van der Waals surface area contributed by atoms with Gasteiger partial charge in [0.1, 0.15) is 0 Å². The number of hydrogen-bond donors (Lipinski definition) is 1. The van der Waals surface area contributed by atoms with E-state index in [2.05, 4.69) is 5.32 Å². The number of para-hydroxylation sites is 1. The molecule has 152 valence electrons. The van der Waals surface area contributed by atoms with Crippen LogP contribution in [0.1, 0.15) is 27.0 Å². The summed E-state index contributed by atoms with van der Waals surface area (Å²) >= 11 is 0. The number of nitrogens with one attached hydrogen (secondary N) is 1. The second-order valence-corrected chi connectivity index (χ2v) is 9.15. The lowest BCUT2D eigenvalue weighted by molar-refractivity contribution is 0.104. The minimum absolute atomic E-state index is 0.147. The van der Waals surface area contributed by atoms with Crippen LogP contribution in [0.5, 0.6) is 0 Å². The van der Waals surface area contributed by atoms with Crippen LogP contribution in [0, 0.1) is 13.8 Å². The number of carbonyl (C=O) groups is 1. The number of carbonyl (C=O) groups excluding carboxylic acids is 1. The standard InChI is InChI=1S/C24H22N2O3S/c1-17-12-13-21(18(2)14-17)25-15-23-24(27)20-10-6-7-11-22(20)26(30(23,28)29)16-19-8-4-3-5-9-19/h3-15,25H,16H2,1-2H3/b23-15+. The molecule has 0 aliphatic carbocycles. The third-order valence-electron chi connectivity index (χ3n) is 5.12. The van der Waals surface area contributed by atoms with Crippen LogP contribution in [-0.4, -0.2) is 14.2 Å². The first-order valence-electron chi connectivity index (χ1n) is 9.62. The van der Waals surface area contributed by atoms with Crippen molar-refractivity contribution in [3.63, 3.8) is 0 Å². The van der Waals surface area contributed by atoms with E-state index in [9.17, 15) is 13.2 Å². The molecule has 5 nitrogen and oxygen atoms in total. The molecule has 6 heteroatoms. The molecule has 4 rings (SSSR count). The molecule has 1 heterocycles. The van der Waals surface area contributed by atoms with E-state index in [1.807, 2.05) is 62.4 Å². The Balaban J connectivity index is 1.78. The fourth-order valence-electron chi connectivity index (χ4n) is 3.56. The lowest BCUT2D eigenvalue weighted by Gasteiger charge is -2.31. The van der Waals surface area contributed by atoms with E-state index in [4.69, 9.17) is 0 Å². The molecule has 0 atom stereocenters. The van der Waals surface area contributed by atoms with Crippen molar-refractivity contribution in [2.75, 3.05) is 9.62 Å². The molecule has 0 saturated carbocycles. The highest BCUT2D eigenvalue weighted by Crippen LogP contribution is 2.36. The Kier molecular flexibility index (Phi) is 5.18. The SMILES string of the molecule is Cc1ccc(N/C=C2\C(=O)c3ccccc3N(Cc3ccccc3)S2(=O)=O)c(C)c1. The van der Waals surface area contributed by atoms with Gasteiger partial charge in [0.25, 0.3) is 10.0 Å². The number of Topliss-reactive ketones (excluding diaryl/α,β-unsaturated/α-hetero) is 1. The van der Waals surface area contributed by atoms with Gasteiger partial charge in [-0.1, -0.05) is 60.2 Å². The fraction of sp³-hybridized carbons (Fsp3) is 0.125. The third-order valence-corrected chi connectivity index (χ3v) is 6.88. The van der Waals surface area contributed by atoms with E-state index < -0.39 is 15.8 Å². The second-order valence-electron chi connectivity index (χ2n) is 7.31. The molecule has 3 aromatic carbocycles. The average Bonchev–Trinajstić information content (AvgIpc) is 2.73. The molecule has 0 bridgehead atoms. The zero-order chi connectivity index (χ0) is 21.3. The van der Waals surface area contributed by atoms with Crippen LogP contribution in [-0.2, 0) is 16.6 Å². The van der Waals surface area contributed by atoms with Crippen molar-refractivity contribution in [3.05, 3.63) is 106 Å². The lowest BCUT2D eigenvalue weighted by atomic mass is 10.1. The van der Waals surface area contributed by atoms with Crippen molar-refractivity contribution in [3.8, 4) is 0 Å². The van der Waals surface area contributed by atoms with E-state index in [0.29, 0.717) is 11.3 Å². The zero-order valence-electron chi connectivity index (χ0n) is 16.8. The zero-order valence-corrected chi connectivity index (χ0v) is 17.6. The van der Waals surface area contributed by atoms with Crippen molar-refractivity contribution in [1.29, 1.82) is 0 Å². The number of sulfonamides is 1. The Labute approximate surface area is 176 Å². The monoisotopic (exact) mass is 418 g/mol. The smallest absolute Gasteiger partial charge is 0.270 e. The van der Waals surface area contributed by atoms with Gasteiger partial charge >= 0.3 is 0 Å². The first kappa shape index (κ1) is 19.9. The van der Waals surface area contributed by atoms with E-state index in [1.165, 1.54) is 10.5 Å². The normalized spacial score (nSPS) is 16.4. The molecule has 0 fully saturated rings. The molecule has 30 heavy (non-hydrogen) atoms. The van der Waals surface area contributed by atoms with Crippen LogP contribution in [0.4, 0.5) is 11.4 Å². The summed E-state index contributed by atoms with van der Waals surface area (Å²) < 4.78 is 28.2. The topological polar surface area (TPSA) is 66.5 Å². The van der Waals surface area contributed by atoms with E-state index >= 15 is 0 Å². The number of nitrogens with zero attached hydrogens (tertiary/aromatic N) is 1. The number of ketones is 1. The van der Waals surface area contributed by atoms with Gasteiger partial charge in [0.05, 0.1) is 12.2 Å². The lowest BCUT2D eigenvalue weighted by Crippen LogP contribution is -2.39. The van der Waals surface area contributed by atoms with E-state index in [-0.39, 0.29) is 11.4 Å². The van der Waals surface area contributed by atoms with Crippen LogP contribution >= 0.6 is 0 Å². The van der Waals surface area contributed by atoms with Gasteiger partial charge in [0, 0.05) is 17.5 Å². The third kappa shape index (κ3) is 3.62. The van der Waals surface area contributed by atoms with Crippen molar-refractivity contribution < 1.29 is 13.2 Å². The van der Waals surface area contributed by atoms with Gasteiger partial charge in [-0.2, -0.15) is 0 Å². The first-order valence-corrected chi connectivity index (χ1v) is 11.1. The Morgan fingerprint density at radius 2 is 1.63 bits per heavy atom. The maximum absolute atomic E-state index is 13.4. The number of rotatable bonds is 4. The van der Waals surface area contributed by atoms with Gasteiger partial charge in [-0.25, -0.2) is 8.42 Å². The average molecular weight is 419 g/mol. The summed E-state index contributed by atoms with van der Waals surface area (Å²) in [5.74, 6) is -0.507. The minimum atomic E-state index is -4.03. The molecule has 1 aliphatic heterocycles. The predicted molar refractivity (Wildman–Crippen MR) is 120 cm³/mol. The molecule has 3 aromatic rings. The quantitative estimate of drug-likeness (QED) is 0.619. The predicted octanol–water partition coefficient (Wildman–Crippen LogP) is 4.79. The van der Waals surface area contributed by atoms with Crippen LogP contribution in [0.15, 0.2) is 83.9 Å². The Bertz CT molecular complexity index is 1250. The molecule has 0 spiro atoms. The van der Waals surface area contributed by atoms with Crippen LogP contribution in [0.25, 0.3) is 0 Å². The summed E-state index contributed by atoms with van der Waals surface area (Å²) in [6.45, 7) is 4.07. The molecule has 0 saturated heterocycles. The van der Waals surface area contributed by atoms with Crippen molar-refractivity contribution in [1.82, 2.24) is 0 Å². The number of aryl methyl sites for hydroxylation is 2. The Morgan fingerprint density at radius 3 is 2.37 bits per heavy atom. The van der Waals surface area contributed by atoms with Gasteiger partial charge in [0.2, 0.25) is 5.78 Å². The summed E-state index contributed by atoms with van der Waals surface area (Å²) in [6, 6.07) is 21.9. The molecule has 0 aromatic heterocycles. The minimum Gasteiger partial charge on any atom is -0.360 e. The summed E-state index contributed by atoms with van der Waals surface area (Å²) in [5, 5.41) is 3.02. The number of fused-ring (bicyclic) bond motifs is 1. The molecule has 0 radical (unpaired) electrons. The Morgan fingerprint density at radius 1 is 0.933 bits per heavy atom. The summed E-state index contributed by atoms with van der Waals surface area (Å²) in [7, 11) is -4.03. The van der Waals surface area contributed by atoms with Crippen molar-refractivity contribution in [2.45, 2.75) is 20.4 Å². The molecule has 1 N–H and O–H groups in total. The van der Waals surface area contributed by atoms with Gasteiger partial charge in [0.15, 0.2) is 4.91 Å². The number of hydrogen-bond acceptors (Lipinski definition) is 4. The maximum Gasteiger partial charge on any atom is 0.270 e. The Hall–Kier alpha value is -3.38. The molecule has 0 amide bonds. The van der Waals surface area contributed by atoms with Gasteiger partial charge < -0.3 is 5.32 Å². The summed E-state index contributed by atoms with van der Waals surface area (Å²) in [6.07, 6.45) is 1.31. The molecule has 0 unspecified atom stereocenters. The largest absolute Gasteiger partial charge is 0.360 e. The highest BCUT2D eigenvalue weighted by molar-refractivity contribution is 7.97. The van der Waals surface area contributed by atoms with Crippen LogP contribution in [0.3, 0.4) is 0 Å². The van der Waals surface area contributed by atoms with Gasteiger partial charge in [-0.3, -0.25) is 9.10 Å². The summed E-state index contributed by atoms with van der Waals surface area (Å²) in [4.78, 5) is 12.8. The highest BCUT2D eigenvalue weighted by Gasteiger charge is 2.40. The van der Waals surface area contributed by atoms with Crippen LogP contribution in [0.2, 0.25) is 0 Å². The summed E-state index contributed by atoms with van der Waals surface area (Å²) in [5.41, 5.74) is 4.44. The fourth-order valence-corrected chi connectivity index (χ4v) is 5.09. The number of benzene rings is 3.